The lowest BCUT2D eigenvalue weighted by molar-refractivity contribution is -0.384. The van der Waals surface area contributed by atoms with Gasteiger partial charge in [-0.1, -0.05) is 6.07 Å². The summed E-state index contributed by atoms with van der Waals surface area (Å²) >= 11 is 0. The summed E-state index contributed by atoms with van der Waals surface area (Å²) in [5.41, 5.74) is 0.643. The minimum Gasteiger partial charge on any atom is -0.454 e. The number of nitrogens with one attached hydrogen (secondary N) is 2. The number of carbonyl (C=O) groups excluding carboxylic acids is 1. The Balaban J connectivity index is 1.61. The van der Waals surface area contributed by atoms with Crippen molar-refractivity contribution in [1.82, 2.24) is 0 Å². The molecule has 0 unspecified atom stereocenters. The number of benzene rings is 3. The fourth-order valence-electron chi connectivity index (χ4n) is 3.22. The Morgan fingerprint density at radius 1 is 1.09 bits per heavy atom. The summed E-state index contributed by atoms with van der Waals surface area (Å²) in [6, 6.07) is 14.0. The molecule has 0 aliphatic carbocycles. The first-order chi connectivity index (χ1) is 16.2. The van der Waals surface area contributed by atoms with Crippen molar-refractivity contribution >= 4 is 33.0 Å². The van der Waals surface area contributed by atoms with E-state index in [1.807, 2.05) is 6.07 Å². The molecule has 12 heteroatoms. The van der Waals surface area contributed by atoms with Crippen LogP contribution in [0.1, 0.15) is 21.5 Å². The number of anilines is 2. The second-order valence-corrected chi connectivity index (χ2v) is 8.86. The molecule has 0 aromatic heterocycles. The van der Waals surface area contributed by atoms with Crippen molar-refractivity contribution < 1.29 is 27.6 Å². The largest absolute Gasteiger partial charge is 0.454 e. The van der Waals surface area contributed by atoms with Gasteiger partial charge in [-0.15, -0.1) is 0 Å². The molecular weight excluding hydrogens is 464 g/mol. The molecule has 3 aromatic carbocycles. The van der Waals surface area contributed by atoms with Crippen molar-refractivity contribution in [3.8, 4) is 17.6 Å². The van der Waals surface area contributed by atoms with E-state index >= 15 is 0 Å². The van der Waals surface area contributed by atoms with Crippen LogP contribution in [0.2, 0.25) is 0 Å². The third-order valence-electron chi connectivity index (χ3n) is 4.95. The van der Waals surface area contributed by atoms with E-state index in [4.69, 9.17) is 9.47 Å². The third kappa shape index (κ3) is 4.45. The van der Waals surface area contributed by atoms with E-state index < -0.39 is 20.9 Å². The second kappa shape index (κ2) is 8.72. The fraction of sp³-hybridized carbons (Fsp3) is 0.0909. The van der Waals surface area contributed by atoms with Crippen molar-refractivity contribution in [1.29, 1.82) is 5.26 Å². The van der Waals surface area contributed by atoms with Gasteiger partial charge in [-0.25, -0.2) is 8.42 Å². The number of rotatable bonds is 6. The number of nitro groups is 1. The number of non-ortho nitro benzene ring substituents is 1. The van der Waals surface area contributed by atoms with Crippen LogP contribution >= 0.6 is 0 Å². The van der Waals surface area contributed by atoms with Gasteiger partial charge in [0.05, 0.1) is 21.1 Å². The lowest BCUT2D eigenvalue weighted by Crippen LogP contribution is -2.17. The van der Waals surface area contributed by atoms with Crippen molar-refractivity contribution in [3.05, 3.63) is 81.4 Å². The monoisotopic (exact) mass is 480 g/mol. The number of fused-ring (bicyclic) bond motifs is 1. The number of amides is 1. The highest BCUT2D eigenvalue weighted by Gasteiger charge is 2.24. The first kappa shape index (κ1) is 22.6. The highest BCUT2D eigenvalue weighted by molar-refractivity contribution is 7.92. The normalized spacial score (nSPS) is 12.0. The number of aryl methyl sites for hydroxylation is 1. The number of hydrogen-bond donors (Lipinski definition) is 2. The molecule has 1 amide bonds. The molecule has 4 rings (SSSR count). The molecule has 172 valence electrons. The number of nitro benzene ring substituents is 1. The predicted molar refractivity (Wildman–Crippen MR) is 120 cm³/mol. The molecule has 0 spiro atoms. The van der Waals surface area contributed by atoms with E-state index in [2.05, 4.69) is 10.0 Å². The maximum atomic E-state index is 13.1. The van der Waals surface area contributed by atoms with E-state index in [1.54, 1.807) is 6.92 Å². The van der Waals surface area contributed by atoms with Gasteiger partial charge in [0, 0.05) is 35.5 Å². The minimum atomic E-state index is -4.19. The summed E-state index contributed by atoms with van der Waals surface area (Å²) in [6.07, 6.45) is 0. The van der Waals surface area contributed by atoms with E-state index in [1.165, 1.54) is 54.6 Å². The van der Waals surface area contributed by atoms with E-state index in [0.717, 1.165) is 0 Å². The molecule has 0 radical (unpaired) electrons. The Kier molecular flexibility index (Phi) is 5.79. The van der Waals surface area contributed by atoms with Gasteiger partial charge in [0.25, 0.3) is 21.6 Å². The lowest BCUT2D eigenvalue weighted by atomic mass is 10.1. The van der Waals surface area contributed by atoms with Crippen molar-refractivity contribution in [2.45, 2.75) is 11.8 Å². The average molecular weight is 480 g/mol. The Morgan fingerprint density at radius 2 is 1.76 bits per heavy atom. The highest BCUT2D eigenvalue weighted by Crippen LogP contribution is 2.37. The maximum Gasteiger partial charge on any atom is 0.269 e. The van der Waals surface area contributed by atoms with Gasteiger partial charge in [-0.2, -0.15) is 5.26 Å². The van der Waals surface area contributed by atoms with Crippen LogP contribution in [0.4, 0.5) is 17.1 Å². The van der Waals surface area contributed by atoms with E-state index in [0.29, 0.717) is 22.7 Å². The van der Waals surface area contributed by atoms with Gasteiger partial charge in [0.1, 0.15) is 6.07 Å². The molecule has 0 bridgehead atoms. The van der Waals surface area contributed by atoms with Gasteiger partial charge < -0.3 is 14.8 Å². The van der Waals surface area contributed by atoms with Crippen molar-refractivity contribution in [2.75, 3.05) is 16.8 Å². The number of nitrogens with zero attached hydrogens (tertiary/aromatic N) is 2. The molecule has 0 saturated carbocycles. The third-order valence-corrected chi connectivity index (χ3v) is 6.46. The average Bonchev–Trinajstić information content (AvgIpc) is 3.26. The molecule has 1 aliphatic heterocycles. The number of sulfonamides is 1. The van der Waals surface area contributed by atoms with E-state index in [-0.39, 0.29) is 34.2 Å². The Bertz CT molecular complexity index is 1460. The second-order valence-electron chi connectivity index (χ2n) is 7.21. The molecule has 0 fully saturated rings. The van der Waals surface area contributed by atoms with E-state index in [9.17, 15) is 28.6 Å². The molecule has 0 atom stereocenters. The van der Waals surface area contributed by atoms with Gasteiger partial charge in [-0.05, 0) is 36.8 Å². The molecule has 1 heterocycles. The fourth-order valence-corrected chi connectivity index (χ4v) is 4.56. The van der Waals surface area contributed by atoms with Crippen molar-refractivity contribution in [3.63, 3.8) is 0 Å². The summed E-state index contributed by atoms with van der Waals surface area (Å²) in [5, 5.41) is 22.7. The molecular formula is C22H16N4O7S. The zero-order valence-electron chi connectivity index (χ0n) is 17.6. The highest BCUT2D eigenvalue weighted by atomic mass is 32.2. The zero-order valence-corrected chi connectivity index (χ0v) is 18.4. The van der Waals surface area contributed by atoms with Crippen LogP contribution in [0.3, 0.4) is 0 Å². The topological polar surface area (TPSA) is 161 Å². The Morgan fingerprint density at radius 3 is 2.41 bits per heavy atom. The SMILES string of the molecule is Cc1ccc(C(=O)Nc2ccc([N+](=O)[O-])cc2)cc1S(=O)(=O)Nc1cc2c(cc1C#N)OCO2. The van der Waals surface area contributed by atoms with Crippen LogP contribution < -0.4 is 19.5 Å². The molecule has 2 N–H and O–H groups in total. The van der Waals surface area contributed by atoms with Crippen LogP contribution in [0.15, 0.2) is 59.5 Å². The van der Waals surface area contributed by atoms with Crippen LogP contribution in [-0.2, 0) is 10.0 Å². The van der Waals surface area contributed by atoms with Gasteiger partial charge in [-0.3, -0.25) is 19.6 Å². The summed E-state index contributed by atoms with van der Waals surface area (Å²) in [4.78, 5) is 22.7. The van der Waals surface area contributed by atoms with Crippen LogP contribution in [0, 0.1) is 28.4 Å². The standard InChI is InChI=1S/C22H16N4O7S/c1-13-2-3-14(22(27)24-16-4-6-17(7-5-16)26(28)29)9-21(13)34(30,31)25-18-10-20-19(32-12-33-20)8-15(18)11-23/h2-10,25H,12H2,1H3,(H,24,27). The van der Waals surface area contributed by atoms with Crippen molar-refractivity contribution in [2.24, 2.45) is 0 Å². The first-order valence-electron chi connectivity index (χ1n) is 9.71. The van der Waals surface area contributed by atoms with Gasteiger partial charge in [0.2, 0.25) is 6.79 Å². The lowest BCUT2D eigenvalue weighted by Gasteiger charge is -2.13. The molecule has 0 saturated heterocycles. The Labute approximate surface area is 193 Å². The quantitative estimate of drug-likeness (QED) is 0.400. The first-order valence-corrected chi connectivity index (χ1v) is 11.2. The smallest absolute Gasteiger partial charge is 0.269 e. The summed E-state index contributed by atoms with van der Waals surface area (Å²) in [6.45, 7) is 1.53. The predicted octanol–water partition coefficient (Wildman–Crippen LogP) is 3.56. The summed E-state index contributed by atoms with van der Waals surface area (Å²) in [7, 11) is -4.19. The van der Waals surface area contributed by atoms with Crippen LogP contribution in [0.25, 0.3) is 0 Å². The molecule has 11 nitrogen and oxygen atoms in total. The summed E-state index contributed by atoms with van der Waals surface area (Å²) in [5.74, 6) is 0.0244. The molecule has 1 aliphatic rings. The number of carbonyl (C=O) groups is 1. The van der Waals surface area contributed by atoms with Gasteiger partial charge >= 0.3 is 0 Å². The number of ether oxygens (including phenoxy) is 2. The minimum absolute atomic E-state index is 0.00637. The summed E-state index contributed by atoms with van der Waals surface area (Å²) < 4.78 is 39.1. The number of hydrogen-bond acceptors (Lipinski definition) is 8. The zero-order chi connectivity index (χ0) is 24.5. The Hall–Kier alpha value is -4.63. The number of nitriles is 1. The maximum absolute atomic E-state index is 13.1. The van der Waals surface area contributed by atoms with Crippen LogP contribution in [-0.4, -0.2) is 26.0 Å². The van der Waals surface area contributed by atoms with Crippen LogP contribution in [0.5, 0.6) is 11.5 Å². The molecule has 34 heavy (non-hydrogen) atoms. The molecule has 3 aromatic rings. The van der Waals surface area contributed by atoms with Gasteiger partial charge in [0.15, 0.2) is 11.5 Å².